The minimum atomic E-state index is -0.209. The summed E-state index contributed by atoms with van der Waals surface area (Å²) in [6.45, 7) is 1.88. The lowest BCUT2D eigenvalue weighted by atomic mass is 10.1. The third-order valence-corrected chi connectivity index (χ3v) is 5.55. The fraction of sp³-hybridized carbons (Fsp3) is 0.294. The van der Waals surface area contributed by atoms with Gasteiger partial charge in [-0.25, -0.2) is 0 Å². The normalized spacial score (nSPS) is 15.0. The van der Waals surface area contributed by atoms with Gasteiger partial charge < -0.3 is 10.6 Å². The SMILES string of the molecule is C[C@@H](NC(=O)c1ccc(NC(=O)C2CC2)s1)c1ccc(Cl)c(Cl)c1. The third-order valence-electron chi connectivity index (χ3n) is 3.82. The number of amides is 2. The second kappa shape index (κ2) is 7.13. The highest BCUT2D eigenvalue weighted by Gasteiger charge is 2.29. The van der Waals surface area contributed by atoms with Crippen LogP contribution in [-0.4, -0.2) is 11.8 Å². The number of nitrogens with one attached hydrogen (secondary N) is 2. The zero-order chi connectivity index (χ0) is 17.3. The van der Waals surface area contributed by atoms with Crippen molar-refractivity contribution in [1.82, 2.24) is 5.32 Å². The van der Waals surface area contributed by atoms with Gasteiger partial charge in [-0.15, -0.1) is 11.3 Å². The lowest BCUT2D eigenvalue weighted by Gasteiger charge is -2.14. The molecule has 0 radical (unpaired) electrons. The van der Waals surface area contributed by atoms with E-state index >= 15 is 0 Å². The van der Waals surface area contributed by atoms with E-state index in [1.807, 2.05) is 13.0 Å². The minimum absolute atomic E-state index is 0.0352. The van der Waals surface area contributed by atoms with Crippen LogP contribution in [0.1, 0.15) is 41.0 Å². The molecule has 0 unspecified atom stereocenters. The Bertz CT molecular complexity index is 787. The number of anilines is 1. The van der Waals surface area contributed by atoms with Gasteiger partial charge in [-0.05, 0) is 49.6 Å². The van der Waals surface area contributed by atoms with Crippen LogP contribution in [0.3, 0.4) is 0 Å². The van der Waals surface area contributed by atoms with Gasteiger partial charge in [0.05, 0.1) is 26.0 Å². The first-order valence-electron chi connectivity index (χ1n) is 7.60. The van der Waals surface area contributed by atoms with Gasteiger partial charge in [0.2, 0.25) is 5.91 Å². The van der Waals surface area contributed by atoms with E-state index in [4.69, 9.17) is 23.2 Å². The Morgan fingerprint density at radius 1 is 1.17 bits per heavy atom. The summed E-state index contributed by atoms with van der Waals surface area (Å²) in [5.74, 6) is -0.0162. The molecule has 0 spiro atoms. The molecule has 2 aromatic rings. The van der Waals surface area contributed by atoms with Crippen LogP contribution in [0.5, 0.6) is 0 Å². The van der Waals surface area contributed by atoms with Gasteiger partial charge >= 0.3 is 0 Å². The molecule has 0 saturated heterocycles. The van der Waals surface area contributed by atoms with Gasteiger partial charge in [0.25, 0.3) is 5.91 Å². The van der Waals surface area contributed by atoms with Crippen LogP contribution in [0.2, 0.25) is 10.0 Å². The van der Waals surface area contributed by atoms with Crippen molar-refractivity contribution in [1.29, 1.82) is 0 Å². The molecule has 1 aliphatic carbocycles. The second-order valence-electron chi connectivity index (χ2n) is 5.80. The fourth-order valence-corrected chi connectivity index (χ4v) is 3.35. The Balaban J connectivity index is 1.62. The summed E-state index contributed by atoms with van der Waals surface area (Å²) in [5, 5.41) is 7.39. The number of rotatable bonds is 5. The van der Waals surface area contributed by atoms with E-state index in [1.54, 1.807) is 24.3 Å². The first-order valence-corrected chi connectivity index (χ1v) is 9.18. The summed E-state index contributed by atoms with van der Waals surface area (Å²) in [6.07, 6.45) is 1.90. The van der Waals surface area contributed by atoms with Crippen LogP contribution in [0, 0.1) is 5.92 Å². The summed E-state index contributed by atoms with van der Waals surface area (Å²) in [4.78, 5) is 24.6. The number of carbonyl (C=O) groups excluding carboxylic acids is 2. The predicted octanol–water partition coefficient (Wildman–Crippen LogP) is 4.89. The molecule has 1 saturated carbocycles. The topological polar surface area (TPSA) is 58.2 Å². The molecule has 0 aliphatic heterocycles. The van der Waals surface area contributed by atoms with Crippen LogP contribution >= 0.6 is 34.5 Å². The Hall–Kier alpha value is -1.56. The van der Waals surface area contributed by atoms with Gasteiger partial charge in [-0.1, -0.05) is 29.3 Å². The maximum absolute atomic E-state index is 12.4. The fourth-order valence-electron chi connectivity index (χ4n) is 2.23. The van der Waals surface area contributed by atoms with Gasteiger partial charge in [0, 0.05) is 5.92 Å². The average molecular weight is 383 g/mol. The molecular formula is C17H16Cl2N2O2S. The smallest absolute Gasteiger partial charge is 0.261 e. The number of halogens is 2. The third kappa shape index (κ3) is 4.09. The summed E-state index contributed by atoms with van der Waals surface area (Å²) in [7, 11) is 0. The van der Waals surface area contributed by atoms with Crippen molar-refractivity contribution in [3.05, 3.63) is 50.8 Å². The van der Waals surface area contributed by atoms with Crippen LogP contribution in [-0.2, 0) is 4.79 Å². The van der Waals surface area contributed by atoms with E-state index in [2.05, 4.69) is 10.6 Å². The number of hydrogen-bond acceptors (Lipinski definition) is 3. The molecule has 7 heteroatoms. The lowest BCUT2D eigenvalue weighted by molar-refractivity contribution is -0.117. The van der Waals surface area contributed by atoms with E-state index in [0.717, 1.165) is 18.4 Å². The molecule has 1 aromatic carbocycles. The molecule has 1 fully saturated rings. The number of hydrogen-bond donors (Lipinski definition) is 2. The van der Waals surface area contributed by atoms with Crippen molar-refractivity contribution >= 4 is 51.4 Å². The molecule has 0 bridgehead atoms. The highest BCUT2D eigenvalue weighted by Crippen LogP contribution is 2.32. The molecule has 1 aliphatic rings. The van der Waals surface area contributed by atoms with E-state index in [1.165, 1.54) is 11.3 Å². The highest BCUT2D eigenvalue weighted by molar-refractivity contribution is 7.18. The maximum Gasteiger partial charge on any atom is 0.261 e. The average Bonchev–Trinajstić information content (AvgIpc) is 3.30. The van der Waals surface area contributed by atoms with Crippen molar-refractivity contribution in [2.75, 3.05) is 5.32 Å². The molecule has 126 valence electrons. The van der Waals surface area contributed by atoms with E-state index in [9.17, 15) is 9.59 Å². The van der Waals surface area contributed by atoms with Crippen molar-refractivity contribution in [2.45, 2.75) is 25.8 Å². The molecule has 1 heterocycles. The van der Waals surface area contributed by atoms with E-state index < -0.39 is 0 Å². The number of benzene rings is 1. The molecule has 3 rings (SSSR count). The predicted molar refractivity (Wildman–Crippen MR) is 98.0 cm³/mol. The molecule has 2 amide bonds. The van der Waals surface area contributed by atoms with Gasteiger partial charge in [0.15, 0.2) is 0 Å². The van der Waals surface area contributed by atoms with Gasteiger partial charge in [-0.3, -0.25) is 9.59 Å². The second-order valence-corrected chi connectivity index (χ2v) is 7.69. The largest absolute Gasteiger partial charge is 0.345 e. The Morgan fingerprint density at radius 3 is 2.58 bits per heavy atom. The molecule has 4 nitrogen and oxygen atoms in total. The first-order chi connectivity index (χ1) is 11.4. The summed E-state index contributed by atoms with van der Waals surface area (Å²) < 4.78 is 0. The van der Waals surface area contributed by atoms with Crippen molar-refractivity contribution in [3.63, 3.8) is 0 Å². The van der Waals surface area contributed by atoms with Crippen molar-refractivity contribution in [2.24, 2.45) is 5.92 Å². The highest BCUT2D eigenvalue weighted by atomic mass is 35.5. The number of thiophene rings is 1. The summed E-state index contributed by atoms with van der Waals surface area (Å²) in [6, 6.07) is 8.53. The van der Waals surface area contributed by atoms with Crippen LogP contribution < -0.4 is 10.6 Å². The summed E-state index contributed by atoms with van der Waals surface area (Å²) >= 11 is 13.2. The lowest BCUT2D eigenvalue weighted by Crippen LogP contribution is -2.25. The Kier molecular flexibility index (Phi) is 5.13. The zero-order valence-electron chi connectivity index (χ0n) is 12.9. The maximum atomic E-state index is 12.4. The Labute approximate surface area is 154 Å². The van der Waals surface area contributed by atoms with Gasteiger partial charge in [-0.2, -0.15) is 0 Å². The standard InChI is InChI=1S/C17H16Cl2N2O2S/c1-9(11-4-5-12(18)13(19)8-11)20-17(23)14-6-7-15(24-14)21-16(22)10-2-3-10/h4-10H,2-3H2,1H3,(H,20,23)(H,21,22)/t9-/m1/s1. The van der Waals surface area contributed by atoms with Crippen LogP contribution in [0.15, 0.2) is 30.3 Å². The van der Waals surface area contributed by atoms with Crippen LogP contribution in [0.4, 0.5) is 5.00 Å². The first kappa shape index (κ1) is 17.3. The molecule has 2 N–H and O–H groups in total. The van der Waals surface area contributed by atoms with E-state index in [0.29, 0.717) is 19.9 Å². The molecule has 24 heavy (non-hydrogen) atoms. The minimum Gasteiger partial charge on any atom is -0.345 e. The molecular weight excluding hydrogens is 367 g/mol. The molecule has 1 atom stereocenters. The zero-order valence-corrected chi connectivity index (χ0v) is 15.3. The van der Waals surface area contributed by atoms with Gasteiger partial charge in [0.1, 0.15) is 0 Å². The van der Waals surface area contributed by atoms with E-state index in [-0.39, 0.29) is 23.8 Å². The van der Waals surface area contributed by atoms with Crippen molar-refractivity contribution < 1.29 is 9.59 Å². The van der Waals surface area contributed by atoms with Crippen molar-refractivity contribution in [3.8, 4) is 0 Å². The molecule has 1 aromatic heterocycles. The monoisotopic (exact) mass is 382 g/mol. The Morgan fingerprint density at radius 2 is 1.92 bits per heavy atom. The quantitative estimate of drug-likeness (QED) is 0.772. The van der Waals surface area contributed by atoms with Crippen LogP contribution in [0.25, 0.3) is 0 Å². The summed E-state index contributed by atoms with van der Waals surface area (Å²) in [5.41, 5.74) is 0.872. The number of carbonyl (C=O) groups is 2.